The Bertz CT molecular complexity index is 1000. The second-order valence-electron chi connectivity index (χ2n) is 7.74. The van der Waals surface area contributed by atoms with Crippen molar-refractivity contribution in [2.75, 3.05) is 0 Å². The molecule has 0 radical (unpaired) electrons. The molecule has 2 N–H and O–H groups in total. The fraction of sp³-hybridized carbons (Fsp3) is 0.292. The average molecular weight is 422 g/mol. The van der Waals surface area contributed by atoms with Gasteiger partial charge in [-0.2, -0.15) is 0 Å². The lowest BCUT2D eigenvalue weighted by molar-refractivity contribution is -0.123. The Morgan fingerprint density at radius 1 is 1.03 bits per heavy atom. The van der Waals surface area contributed by atoms with E-state index in [0.29, 0.717) is 18.7 Å². The van der Waals surface area contributed by atoms with E-state index in [1.54, 1.807) is 4.90 Å². The Kier molecular flexibility index (Phi) is 7.00. The number of hydrogen-bond donors (Lipinski definition) is 1. The summed E-state index contributed by atoms with van der Waals surface area (Å²) >= 11 is 1.48. The number of carbonyl (C=O) groups is 2. The van der Waals surface area contributed by atoms with Gasteiger partial charge in [0.1, 0.15) is 11.7 Å². The van der Waals surface area contributed by atoms with E-state index in [4.69, 9.17) is 5.73 Å². The molecule has 0 saturated heterocycles. The quantitative estimate of drug-likeness (QED) is 0.575. The topological polar surface area (TPSA) is 76.3 Å². The molecular weight excluding hydrogens is 394 g/mol. The van der Waals surface area contributed by atoms with E-state index >= 15 is 0 Å². The van der Waals surface area contributed by atoms with Crippen LogP contribution in [0.5, 0.6) is 0 Å². The molecule has 0 bridgehead atoms. The smallest absolute Gasteiger partial charge is 0.274 e. The summed E-state index contributed by atoms with van der Waals surface area (Å²) in [5.41, 5.74) is 8.00. The van der Waals surface area contributed by atoms with E-state index in [-0.39, 0.29) is 11.8 Å². The lowest BCUT2D eigenvalue weighted by atomic mass is 10.00. The van der Waals surface area contributed by atoms with Crippen molar-refractivity contribution in [2.24, 2.45) is 11.7 Å². The van der Waals surface area contributed by atoms with Crippen LogP contribution in [0.3, 0.4) is 0 Å². The third-order valence-electron chi connectivity index (χ3n) is 4.83. The standard InChI is InChI=1S/C24H27N3O2S/c1-16(2)14-20(23(25)28)27(15-18-10-6-4-7-11-18)24(29)21-22(30-17(3)26-21)19-12-8-5-9-13-19/h4-13,16,20H,14-15H2,1-3H3,(H2,25,28)/t20-/m0/s1. The summed E-state index contributed by atoms with van der Waals surface area (Å²) in [5, 5.41) is 0.802. The summed E-state index contributed by atoms with van der Waals surface area (Å²) in [5.74, 6) is -0.563. The van der Waals surface area contributed by atoms with Crippen LogP contribution in [0.1, 0.15) is 41.3 Å². The van der Waals surface area contributed by atoms with Crippen molar-refractivity contribution >= 4 is 23.2 Å². The van der Waals surface area contributed by atoms with Crippen LogP contribution in [-0.2, 0) is 11.3 Å². The number of nitrogens with two attached hydrogens (primary N) is 1. The molecular formula is C24H27N3O2S. The van der Waals surface area contributed by atoms with Gasteiger partial charge in [-0.3, -0.25) is 9.59 Å². The zero-order valence-electron chi connectivity index (χ0n) is 17.5. The Morgan fingerprint density at radius 3 is 2.20 bits per heavy atom. The van der Waals surface area contributed by atoms with E-state index in [0.717, 1.165) is 21.0 Å². The van der Waals surface area contributed by atoms with Crippen molar-refractivity contribution in [3.8, 4) is 10.4 Å². The van der Waals surface area contributed by atoms with Crippen LogP contribution in [0.4, 0.5) is 0 Å². The highest BCUT2D eigenvalue weighted by molar-refractivity contribution is 7.15. The summed E-state index contributed by atoms with van der Waals surface area (Å²) in [7, 11) is 0. The molecule has 1 atom stereocenters. The molecule has 0 saturated carbocycles. The maximum Gasteiger partial charge on any atom is 0.274 e. The van der Waals surface area contributed by atoms with Crippen molar-refractivity contribution in [3.63, 3.8) is 0 Å². The highest BCUT2D eigenvalue weighted by atomic mass is 32.1. The highest BCUT2D eigenvalue weighted by Gasteiger charge is 2.32. The van der Waals surface area contributed by atoms with Crippen molar-refractivity contribution in [1.29, 1.82) is 0 Å². The van der Waals surface area contributed by atoms with Crippen LogP contribution in [0.25, 0.3) is 10.4 Å². The molecule has 2 amide bonds. The van der Waals surface area contributed by atoms with Gasteiger partial charge in [-0.1, -0.05) is 74.5 Å². The minimum Gasteiger partial charge on any atom is -0.368 e. The Labute approximate surface area is 181 Å². The Hall–Kier alpha value is -2.99. The third-order valence-corrected chi connectivity index (χ3v) is 5.85. The van der Waals surface area contributed by atoms with Crippen molar-refractivity contribution < 1.29 is 9.59 Å². The first kappa shape index (κ1) is 21.7. The second-order valence-corrected chi connectivity index (χ2v) is 8.95. The van der Waals surface area contributed by atoms with Gasteiger partial charge < -0.3 is 10.6 Å². The van der Waals surface area contributed by atoms with Gasteiger partial charge in [-0.25, -0.2) is 4.98 Å². The van der Waals surface area contributed by atoms with Gasteiger partial charge in [0, 0.05) is 6.54 Å². The van der Waals surface area contributed by atoms with Crippen LogP contribution in [0, 0.1) is 12.8 Å². The Morgan fingerprint density at radius 2 is 1.63 bits per heavy atom. The number of aromatic nitrogens is 1. The lowest BCUT2D eigenvalue weighted by Crippen LogP contribution is -2.48. The van der Waals surface area contributed by atoms with Crippen LogP contribution >= 0.6 is 11.3 Å². The van der Waals surface area contributed by atoms with Crippen LogP contribution < -0.4 is 5.73 Å². The summed E-state index contributed by atoms with van der Waals surface area (Å²) in [6, 6.07) is 18.7. The molecule has 0 unspecified atom stereocenters. The molecule has 2 aromatic carbocycles. The van der Waals surface area contributed by atoms with Gasteiger partial charge in [-0.15, -0.1) is 11.3 Å². The molecule has 6 heteroatoms. The number of primary amides is 1. The van der Waals surface area contributed by atoms with E-state index in [2.05, 4.69) is 4.98 Å². The minimum atomic E-state index is -0.705. The fourth-order valence-electron chi connectivity index (χ4n) is 3.44. The van der Waals surface area contributed by atoms with E-state index in [1.165, 1.54) is 11.3 Å². The third kappa shape index (κ3) is 5.13. The molecule has 0 aliphatic rings. The number of benzene rings is 2. The lowest BCUT2D eigenvalue weighted by Gasteiger charge is -2.31. The van der Waals surface area contributed by atoms with Gasteiger partial charge in [0.25, 0.3) is 5.91 Å². The molecule has 0 spiro atoms. The van der Waals surface area contributed by atoms with Crippen molar-refractivity contribution in [1.82, 2.24) is 9.88 Å². The first-order valence-electron chi connectivity index (χ1n) is 10.0. The molecule has 156 valence electrons. The Balaban J connectivity index is 2.05. The van der Waals surface area contributed by atoms with Crippen molar-refractivity contribution in [3.05, 3.63) is 76.9 Å². The molecule has 30 heavy (non-hydrogen) atoms. The molecule has 0 aliphatic heterocycles. The predicted molar refractivity (Wildman–Crippen MR) is 121 cm³/mol. The molecule has 5 nitrogen and oxygen atoms in total. The van der Waals surface area contributed by atoms with Crippen LogP contribution in [0.15, 0.2) is 60.7 Å². The molecule has 3 aromatic rings. The first-order valence-corrected chi connectivity index (χ1v) is 10.9. The fourth-order valence-corrected chi connectivity index (χ4v) is 4.36. The summed E-state index contributed by atoms with van der Waals surface area (Å²) < 4.78 is 0. The number of hydrogen-bond acceptors (Lipinski definition) is 4. The SMILES string of the molecule is Cc1nc(C(=O)N(Cc2ccccc2)[C@@H](CC(C)C)C(N)=O)c(-c2ccccc2)s1. The predicted octanol–water partition coefficient (Wildman–Crippen LogP) is 4.66. The monoisotopic (exact) mass is 421 g/mol. The van der Waals surface area contributed by atoms with Gasteiger partial charge in [0.2, 0.25) is 5.91 Å². The normalized spacial score (nSPS) is 12.0. The maximum absolute atomic E-state index is 13.7. The number of amides is 2. The van der Waals surface area contributed by atoms with Crippen LogP contribution in [-0.4, -0.2) is 27.7 Å². The summed E-state index contributed by atoms with van der Waals surface area (Å²) in [6.07, 6.45) is 0.498. The largest absolute Gasteiger partial charge is 0.368 e. The minimum absolute atomic E-state index is 0.208. The number of carbonyl (C=O) groups excluding carboxylic acids is 2. The van der Waals surface area contributed by atoms with E-state index < -0.39 is 11.9 Å². The molecule has 1 aromatic heterocycles. The second kappa shape index (κ2) is 9.67. The first-order chi connectivity index (χ1) is 14.4. The number of aryl methyl sites for hydroxylation is 1. The van der Waals surface area contributed by atoms with E-state index in [9.17, 15) is 9.59 Å². The number of rotatable bonds is 8. The molecule has 0 fully saturated rings. The number of thiazole rings is 1. The molecule has 3 rings (SSSR count). The average Bonchev–Trinajstić information content (AvgIpc) is 3.13. The zero-order chi connectivity index (χ0) is 21.7. The van der Waals surface area contributed by atoms with Gasteiger partial charge in [0.15, 0.2) is 0 Å². The zero-order valence-corrected chi connectivity index (χ0v) is 18.4. The number of nitrogens with zero attached hydrogens (tertiary/aromatic N) is 2. The summed E-state index contributed by atoms with van der Waals surface area (Å²) in [6.45, 7) is 6.22. The summed E-state index contributed by atoms with van der Waals surface area (Å²) in [4.78, 5) is 33.1. The van der Waals surface area contributed by atoms with Gasteiger partial charge >= 0.3 is 0 Å². The maximum atomic E-state index is 13.7. The molecule has 0 aliphatic carbocycles. The van der Waals surface area contributed by atoms with Gasteiger partial charge in [-0.05, 0) is 30.4 Å². The molecule has 1 heterocycles. The van der Waals surface area contributed by atoms with Crippen molar-refractivity contribution in [2.45, 2.75) is 39.8 Å². The van der Waals surface area contributed by atoms with Crippen LogP contribution in [0.2, 0.25) is 0 Å². The van der Waals surface area contributed by atoms with Gasteiger partial charge in [0.05, 0.1) is 9.88 Å². The van der Waals surface area contributed by atoms with E-state index in [1.807, 2.05) is 81.4 Å². The highest BCUT2D eigenvalue weighted by Crippen LogP contribution is 2.32.